The van der Waals surface area contributed by atoms with Crippen LogP contribution in [0, 0.1) is 0 Å². The van der Waals surface area contributed by atoms with E-state index in [9.17, 15) is 13.2 Å². The Labute approximate surface area is 132 Å². The largest absolute Gasteiger partial charge is 0.459 e. The van der Waals surface area contributed by atoms with Crippen molar-refractivity contribution >= 4 is 39.2 Å². The molecule has 0 aliphatic carbocycles. The van der Waals surface area contributed by atoms with Crippen LogP contribution in [0.2, 0.25) is 10.0 Å². The third-order valence-electron chi connectivity index (χ3n) is 2.97. The third kappa shape index (κ3) is 4.08. The van der Waals surface area contributed by atoms with Gasteiger partial charge in [0.05, 0.1) is 26.6 Å². The number of benzene rings is 1. The van der Waals surface area contributed by atoms with E-state index in [2.05, 4.69) is 0 Å². The molecule has 1 aliphatic rings. The van der Waals surface area contributed by atoms with Gasteiger partial charge in [-0.3, -0.25) is 0 Å². The summed E-state index contributed by atoms with van der Waals surface area (Å²) in [6.07, 6.45) is 1.57. The van der Waals surface area contributed by atoms with E-state index in [0.29, 0.717) is 6.61 Å². The molecule has 1 atom stereocenters. The van der Waals surface area contributed by atoms with Crippen molar-refractivity contribution in [2.24, 2.45) is 5.14 Å². The maximum absolute atomic E-state index is 12.0. The number of sulfonamides is 1. The van der Waals surface area contributed by atoms with Crippen molar-refractivity contribution < 1.29 is 22.7 Å². The maximum atomic E-state index is 12.0. The molecule has 1 aliphatic heterocycles. The first-order valence-electron chi connectivity index (χ1n) is 6.09. The highest BCUT2D eigenvalue weighted by atomic mass is 35.5. The standard InChI is InChI=1S/C12H13Cl2NO5S/c13-10-5-8(21(15,17)18)4-9(11(10)14)12(16)20-6-7-2-1-3-19-7/h4-5,7H,1-3,6H2,(H2,15,17,18). The first-order chi connectivity index (χ1) is 9.79. The van der Waals surface area contributed by atoms with Crippen molar-refractivity contribution in [2.75, 3.05) is 13.2 Å². The van der Waals surface area contributed by atoms with Gasteiger partial charge in [-0.15, -0.1) is 0 Å². The van der Waals surface area contributed by atoms with E-state index < -0.39 is 16.0 Å². The number of hydrogen-bond donors (Lipinski definition) is 1. The molecule has 1 aromatic rings. The highest BCUT2D eigenvalue weighted by molar-refractivity contribution is 7.89. The molecule has 1 unspecified atom stereocenters. The number of hydrogen-bond acceptors (Lipinski definition) is 5. The van der Waals surface area contributed by atoms with Gasteiger partial charge in [-0.05, 0) is 25.0 Å². The minimum Gasteiger partial charge on any atom is -0.459 e. The lowest BCUT2D eigenvalue weighted by Gasteiger charge is -2.12. The summed E-state index contributed by atoms with van der Waals surface area (Å²) in [7, 11) is -4.00. The van der Waals surface area contributed by atoms with Crippen LogP contribution in [-0.4, -0.2) is 33.7 Å². The van der Waals surface area contributed by atoms with Crippen LogP contribution in [0.15, 0.2) is 17.0 Å². The van der Waals surface area contributed by atoms with Gasteiger partial charge in [-0.25, -0.2) is 18.4 Å². The Morgan fingerprint density at radius 1 is 1.43 bits per heavy atom. The monoisotopic (exact) mass is 353 g/mol. The number of carbonyl (C=O) groups is 1. The first-order valence-corrected chi connectivity index (χ1v) is 8.40. The zero-order chi connectivity index (χ0) is 15.6. The number of esters is 1. The van der Waals surface area contributed by atoms with E-state index in [1.165, 1.54) is 0 Å². The summed E-state index contributed by atoms with van der Waals surface area (Å²) < 4.78 is 33.1. The number of halogens is 2. The van der Waals surface area contributed by atoms with Gasteiger partial charge in [0.1, 0.15) is 6.61 Å². The number of rotatable bonds is 4. The Morgan fingerprint density at radius 3 is 2.71 bits per heavy atom. The van der Waals surface area contributed by atoms with Crippen molar-refractivity contribution in [1.29, 1.82) is 0 Å². The quantitative estimate of drug-likeness (QED) is 0.834. The van der Waals surface area contributed by atoms with Crippen molar-refractivity contribution in [1.82, 2.24) is 0 Å². The molecule has 0 amide bonds. The number of primary sulfonamides is 1. The van der Waals surface area contributed by atoms with Crippen LogP contribution >= 0.6 is 23.2 Å². The summed E-state index contributed by atoms with van der Waals surface area (Å²) >= 11 is 11.7. The molecule has 6 nitrogen and oxygen atoms in total. The molecular formula is C12H13Cl2NO5S. The lowest BCUT2D eigenvalue weighted by atomic mass is 10.2. The van der Waals surface area contributed by atoms with Crippen LogP contribution in [0.4, 0.5) is 0 Å². The molecule has 1 fully saturated rings. The Bertz CT molecular complexity index is 656. The highest BCUT2D eigenvalue weighted by Crippen LogP contribution is 2.29. The average Bonchev–Trinajstić information content (AvgIpc) is 2.91. The molecule has 2 N–H and O–H groups in total. The normalized spacial score (nSPS) is 18.7. The van der Waals surface area contributed by atoms with Crippen LogP contribution in [0.25, 0.3) is 0 Å². The highest BCUT2D eigenvalue weighted by Gasteiger charge is 2.22. The molecule has 0 saturated carbocycles. The minimum absolute atomic E-state index is 0.0758. The Kier molecular flexibility index (Phi) is 5.11. The Hall–Kier alpha value is -0.860. The second-order valence-electron chi connectivity index (χ2n) is 4.55. The smallest absolute Gasteiger partial charge is 0.339 e. The zero-order valence-corrected chi connectivity index (χ0v) is 13.2. The molecular weight excluding hydrogens is 341 g/mol. The summed E-state index contributed by atoms with van der Waals surface area (Å²) in [5.74, 6) is -0.775. The number of nitrogens with two attached hydrogens (primary N) is 1. The van der Waals surface area contributed by atoms with Crippen LogP contribution < -0.4 is 5.14 Å². The van der Waals surface area contributed by atoms with E-state index in [1.54, 1.807) is 0 Å². The zero-order valence-electron chi connectivity index (χ0n) is 10.8. The predicted octanol–water partition coefficient (Wildman–Crippen LogP) is 1.98. The van der Waals surface area contributed by atoms with Gasteiger partial charge in [0, 0.05) is 6.61 Å². The molecule has 2 rings (SSSR count). The third-order valence-corrected chi connectivity index (χ3v) is 4.67. The second-order valence-corrected chi connectivity index (χ2v) is 6.89. The van der Waals surface area contributed by atoms with Crippen molar-refractivity contribution in [3.8, 4) is 0 Å². The molecule has 0 radical (unpaired) electrons. The van der Waals surface area contributed by atoms with Gasteiger partial charge < -0.3 is 9.47 Å². The molecule has 0 spiro atoms. The molecule has 116 valence electrons. The van der Waals surface area contributed by atoms with Crippen LogP contribution in [-0.2, 0) is 19.5 Å². The predicted molar refractivity (Wildman–Crippen MR) is 77.1 cm³/mol. The fourth-order valence-corrected chi connectivity index (χ4v) is 2.93. The summed E-state index contributed by atoms with van der Waals surface area (Å²) in [5.41, 5.74) is -0.147. The van der Waals surface area contributed by atoms with Gasteiger partial charge in [-0.2, -0.15) is 0 Å². The molecule has 0 bridgehead atoms. The van der Waals surface area contributed by atoms with E-state index in [-0.39, 0.29) is 33.2 Å². The topological polar surface area (TPSA) is 95.7 Å². The second kappa shape index (κ2) is 6.50. The SMILES string of the molecule is NS(=O)(=O)c1cc(Cl)c(Cl)c(C(=O)OCC2CCCO2)c1. The maximum Gasteiger partial charge on any atom is 0.339 e. The van der Waals surface area contributed by atoms with Crippen molar-refractivity contribution in [2.45, 2.75) is 23.8 Å². The fourth-order valence-electron chi connectivity index (χ4n) is 1.90. The van der Waals surface area contributed by atoms with Crippen LogP contribution in [0.5, 0.6) is 0 Å². The molecule has 1 saturated heterocycles. The number of carbonyl (C=O) groups excluding carboxylic acids is 1. The van der Waals surface area contributed by atoms with Crippen LogP contribution in [0.1, 0.15) is 23.2 Å². The van der Waals surface area contributed by atoms with Crippen molar-refractivity contribution in [3.63, 3.8) is 0 Å². The average molecular weight is 354 g/mol. The Morgan fingerprint density at radius 2 is 2.14 bits per heavy atom. The van der Waals surface area contributed by atoms with Gasteiger partial charge in [-0.1, -0.05) is 23.2 Å². The molecule has 0 aromatic heterocycles. The van der Waals surface area contributed by atoms with Crippen molar-refractivity contribution in [3.05, 3.63) is 27.7 Å². The van der Waals surface area contributed by atoms with Gasteiger partial charge in [0.2, 0.25) is 10.0 Å². The summed E-state index contributed by atoms with van der Waals surface area (Å²) in [4.78, 5) is 11.7. The van der Waals surface area contributed by atoms with Crippen LogP contribution in [0.3, 0.4) is 0 Å². The van der Waals surface area contributed by atoms with Gasteiger partial charge in [0.15, 0.2) is 0 Å². The van der Waals surface area contributed by atoms with E-state index in [4.69, 9.17) is 37.8 Å². The lowest BCUT2D eigenvalue weighted by molar-refractivity contribution is 0.0161. The Balaban J connectivity index is 2.21. The van der Waals surface area contributed by atoms with Gasteiger partial charge in [0.25, 0.3) is 0 Å². The van der Waals surface area contributed by atoms with E-state index in [1.807, 2.05) is 0 Å². The minimum atomic E-state index is -4.00. The molecule has 9 heteroatoms. The molecule has 1 aromatic carbocycles. The number of ether oxygens (including phenoxy) is 2. The van der Waals surface area contributed by atoms with Gasteiger partial charge >= 0.3 is 5.97 Å². The first kappa shape index (κ1) is 16.5. The summed E-state index contributed by atoms with van der Waals surface area (Å²) in [5, 5.41) is 4.84. The van der Waals surface area contributed by atoms with E-state index >= 15 is 0 Å². The van der Waals surface area contributed by atoms with E-state index in [0.717, 1.165) is 25.0 Å². The summed E-state index contributed by atoms with van der Waals surface area (Å²) in [6, 6.07) is 2.12. The molecule has 1 heterocycles. The fraction of sp³-hybridized carbons (Fsp3) is 0.417. The lowest BCUT2D eigenvalue weighted by Crippen LogP contribution is -2.19. The molecule has 21 heavy (non-hydrogen) atoms. The summed E-state index contributed by atoms with van der Waals surface area (Å²) in [6.45, 7) is 0.710.